The van der Waals surface area contributed by atoms with Crippen LogP contribution >= 0.6 is 0 Å². The fraction of sp³-hybridized carbons (Fsp3) is 0.455. The van der Waals surface area contributed by atoms with Crippen molar-refractivity contribution in [1.29, 1.82) is 0 Å². The summed E-state index contributed by atoms with van der Waals surface area (Å²) < 4.78 is 28.4. The molecule has 3 N–H and O–H groups in total. The predicted molar refractivity (Wildman–Crippen MR) is 115 cm³/mol. The molecule has 0 aromatic heterocycles. The lowest BCUT2D eigenvalue weighted by molar-refractivity contribution is 0.356. The second kappa shape index (κ2) is 9.15. The van der Waals surface area contributed by atoms with E-state index in [0.717, 1.165) is 24.8 Å². The van der Waals surface area contributed by atoms with E-state index in [-0.39, 0.29) is 22.0 Å². The molecular formula is C22H30N2O4S. The Morgan fingerprint density at radius 1 is 1.10 bits per heavy atom. The van der Waals surface area contributed by atoms with E-state index in [9.17, 15) is 18.6 Å². The van der Waals surface area contributed by atoms with Crippen LogP contribution in [0.5, 0.6) is 11.5 Å². The Labute approximate surface area is 173 Å². The first-order valence-corrected chi connectivity index (χ1v) is 11.7. The lowest BCUT2D eigenvalue weighted by Gasteiger charge is -2.28. The number of nitrogens with zero attached hydrogens (tertiary/aromatic N) is 1. The van der Waals surface area contributed by atoms with E-state index in [1.54, 1.807) is 6.07 Å². The molecule has 0 radical (unpaired) electrons. The lowest BCUT2D eigenvalue weighted by Crippen LogP contribution is -2.46. The molecule has 0 saturated carbocycles. The Morgan fingerprint density at radius 3 is 2.48 bits per heavy atom. The first kappa shape index (κ1) is 21.6. The zero-order valence-electron chi connectivity index (χ0n) is 17.1. The molecule has 1 saturated heterocycles. The maximum absolute atomic E-state index is 13.5. The Balaban J connectivity index is 2.18. The molecule has 3 rings (SSSR count). The van der Waals surface area contributed by atoms with Gasteiger partial charge in [-0.2, -0.15) is 4.31 Å². The van der Waals surface area contributed by atoms with Gasteiger partial charge in [0.1, 0.15) is 16.4 Å². The monoisotopic (exact) mass is 418 g/mol. The number of hydrogen-bond acceptors (Lipinski definition) is 5. The lowest BCUT2D eigenvalue weighted by atomic mass is 9.97. The highest BCUT2D eigenvalue weighted by Crippen LogP contribution is 2.45. The summed E-state index contributed by atoms with van der Waals surface area (Å²) >= 11 is 0. The average molecular weight is 419 g/mol. The number of phenolic OH excluding ortho intramolecular Hbond substituents is 2. The van der Waals surface area contributed by atoms with Gasteiger partial charge in [-0.05, 0) is 37.0 Å². The second-order valence-corrected chi connectivity index (χ2v) is 9.46. The van der Waals surface area contributed by atoms with Crippen molar-refractivity contribution in [1.82, 2.24) is 9.62 Å². The Morgan fingerprint density at radius 2 is 1.83 bits per heavy atom. The molecule has 0 amide bonds. The van der Waals surface area contributed by atoms with Crippen LogP contribution in [0.2, 0.25) is 0 Å². The van der Waals surface area contributed by atoms with Gasteiger partial charge in [-0.3, -0.25) is 0 Å². The van der Waals surface area contributed by atoms with Crippen molar-refractivity contribution in [2.24, 2.45) is 0 Å². The van der Waals surface area contributed by atoms with Crippen LogP contribution in [0.3, 0.4) is 0 Å². The molecule has 1 heterocycles. The number of nitrogens with one attached hydrogen (secondary N) is 1. The molecular weight excluding hydrogens is 388 g/mol. The van der Waals surface area contributed by atoms with Crippen molar-refractivity contribution in [2.75, 3.05) is 26.2 Å². The Hall–Kier alpha value is -2.09. The van der Waals surface area contributed by atoms with E-state index in [2.05, 4.69) is 12.2 Å². The van der Waals surface area contributed by atoms with Gasteiger partial charge in [0.15, 0.2) is 0 Å². The van der Waals surface area contributed by atoms with Gasteiger partial charge < -0.3 is 15.5 Å². The number of rotatable bonds is 7. The number of phenols is 2. The first-order valence-electron chi connectivity index (χ1n) is 10.2. The number of aryl methyl sites for hydroxylation is 2. The van der Waals surface area contributed by atoms with Crippen molar-refractivity contribution in [3.63, 3.8) is 0 Å². The highest BCUT2D eigenvalue weighted by molar-refractivity contribution is 7.89. The fourth-order valence-electron chi connectivity index (χ4n) is 3.83. The normalized spacial score (nSPS) is 15.5. The molecule has 1 aliphatic rings. The highest BCUT2D eigenvalue weighted by atomic mass is 32.2. The van der Waals surface area contributed by atoms with Gasteiger partial charge in [0, 0.05) is 26.2 Å². The topological polar surface area (TPSA) is 89.9 Å². The predicted octanol–water partition coefficient (Wildman–Crippen LogP) is 3.40. The molecule has 0 atom stereocenters. The minimum atomic E-state index is -3.89. The SMILES string of the molecule is CCCCCc1cc(O)c(-c2cccc(C)c2)c(O)c1S(=O)(=O)N1CCNCC1. The van der Waals surface area contributed by atoms with E-state index in [1.807, 2.05) is 25.1 Å². The van der Waals surface area contributed by atoms with Crippen molar-refractivity contribution < 1.29 is 18.6 Å². The van der Waals surface area contributed by atoms with Crippen LogP contribution in [0.25, 0.3) is 11.1 Å². The Kier molecular flexibility index (Phi) is 6.82. The third kappa shape index (κ3) is 4.57. The van der Waals surface area contributed by atoms with Gasteiger partial charge in [-0.25, -0.2) is 8.42 Å². The number of piperazine rings is 1. The third-order valence-corrected chi connectivity index (χ3v) is 7.36. The van der Waals surface area contributed by atoms with Crippen LogP contribution in [-0.2, 0) is 16.4 Å². The van der Waals surface area contributed by atoms with E-state index in [4.69, 9.17) is 0 Å². The standard InChI is InChI=1S/C22H30N2O4S/c1-3-4-5-8-18-15-19(25)20(17-9-6-7-16(2)14-17)21(26)22(18)29(27,28)24-12-10-23-11-13-24/h6-7,9,14-15,23,25-26H,3-5,8,10-13H2,1-2H3. The molecule has 0 unspecified atom stereocenters. The summed E-state index contributed by atoms with van der Waals surface area (Å²) in [5.74, 6) is -0.459. The summed E-state index contributed by atoms with van der Waals surface area (Å²) in [6.45, 7) is 5.86. The van der Waals surface area contributed by atoms with Crippen LogP contribution in [0.1, 0.15) is 37.3 Å². The van der Waals surface area contributed by atoms with Crippen molar-refractivity contribution >= 4 is 10.0 Å². The number of hydrogen-bond donors (Lipinski definition) is 3. The largest absolute Gasteiger partial charge is 0.507 e. The second-order valence-electron chi connectivity index (χ2n) is 7.59. The summed E-state index contributed by atoms with van der Waals surface area (Å²) in [5, 5.41) is 25.0. The average Bonchev–Trinajstić information content (AvgIpc) is 2.68. The van der Waals surface area contributed by atoms with Gasteiger partial charge in [-0.15, -0.1) is 0 Å². The molecule has 2 aromatic rings. The smallest absolute Gasteiger partial charge is 0.247 e. The molecule has 0 spiro atoms. The minimum Gasteiger partial charge on any atom is -0.507 e. The van der Waals surface area contributed by atoms with E-state index < -0.39 is 10.0 Å². The van der Waals surface area contributed by atoms with Gasteiger partial charge in [-0.1, -0.05) is 49.6 Å². The third-order valence-electron chi connectivity index (χ3n) is 5.34. The van der Waals surface area contributed by atoms with E-state index >= 15 is 0 Å². The maximum Gasteiger partial charge on any atom is 0.247 e. The van der Waals surface area contributed by atoms with Gasteiger partial charge in [0.2, 0.25) is 10.0 Å². The molecule has 0 aliphatic carbocycles. The number of aromatic hydroxyl groups is 2. The van der Waals surface area contributed by atoms with Crippen LogP contribution in [0, 0.1) is 6.92 Å². The van der Waals surface area contributed by atoms with Gasteiger partial charge >= 0.3 is 0 Å². The molecule has 1 fully saturated rings. The first-order chi connectivity index (χ1) is 13.9. The molecule has 158 valence electrons. The van der Waals surface area contributed by atoms with Crippen molar-refractivity contribution in [3.05, 3.63) is 41.5 Å². The summed E-state index contributed by atoms with van der Waals surface area (Å²) in [7, 11) is -3.89. The summed E-state index contributed by atoms with van der Waals surface area (Å²) in [4.78, 5) is -0.0650. The zero-order valence-corrected chi connectivity index (χ0v) is 17.9. The quantitative estimate of drug-likeness (QED) is 0.600. The molecule has 0 bridgehead atoms. The van der Waals surface area contributed by atoms with Gasteiger partial charge in [0.05, 0.1) is 5.56 Å². The molecule has 7 heteroatoms. The summed E-state index contributed by atoms with van der Waals surface area (Å²) in [5.41, 5.74) is 2.20. The van der Waals surface area contributed by atoms with Crippen molar-refractivity contribution in [2.45, 2.75) is 44.4 Å². The maximum atomic E-state index is 13.5. The van der Waals surface area contributed by atoms with Crippen LogP contribution in [0.4, 0.5) is 0 Å². The number of sulfonamides is 1. The fourth-order valence-corrected chi connectivity index (χ4v) is 5.59. The van der Waals surface area contributed by atoms with E-state index in [0.29, 0.717) is 43.7 Å². The van der Waals surface area contributed by atoms with Crippen LogP contribution < -0.4 is 5.32 Å². The summed E-state index contributed by atoms with van der Waals surface area (Å²) in [6, 6.07) is 8.84. The zero-order chi connectivity index (χ0) is 21.0. The molecule has 29 heavy (non-hydrogen) atoms. The summed E-state index contributed by atoms with van der Waals surface area (Å²) in [6.07, 6.45) is 3.24. The van der Waals surface area contributed by atoms with E-state index in [1.165, 1.54) is 10.4 Å². The number of benzene rings is 2. The van der Waals surface area contributed by atoms with Crippen molar-refractivity contribution in [3.8, 4) is 22.6 Å². The van der Waals surface area contributed by atoms with Crippen LogP contribution in [0.15, 0.2) is 35.2 Å². The minimum absolute atomic E-state index is 0.0650. The van der Waals surface area contributed by atoms with Gasteiger partial charge in [0.25, 0.3) is 0 Å². The number of unbranched alkanes of at least 4 members (excludes halogenated alkanes) is 2. The Bertz CT molecular complexity index is 967. The van der Waals surface area contributed by atoms with Crippen LogP contribution in [-0.4, -0.2) is 49.1 Å². The molecule has 6 nitrogen and oxygen atoms in total. The molecule has 2 aromatic carbocycles. The highest BCUT2D eigenvalue weighted by Gasteiger charge is 2.33. The molecule has 1 aliphatic heterocycles.